The van der Waals surface area contributed by atoms with E-state index in [4.69, 9.17) is 4.99 Å². The average molecular weight is 312 g/mol. The van der Waals surface area contributed by atoms with Crippen LogP contribution in [-0.4, -0.2) is 16.5 Å². The lowest BCUT2D eigenvalue weighted by atomic mass is 9.96. The van der Waals surface area contributed by atoms with E-state index in [0.29, 0.717) is 17.1 Å². The maximum atomic E-state index is 13.3. The summed E-state index contributed by atoms with van der Waals surface area (Å²) in [6.45, 7) is 0. The van der Waals surface area contributed by atoms with Gasteiger partial charge in [0.1, 0.15) is 11.3 Å². The van der Waals surface area contributed by atoms with Gasteiger partial charge in [-0.1, -0.05) is 37.5 Å². The molecule has 0 spiro atoms. The van der Waals surface area contributed by atoms with Crippen molar-refractivity contribution in [1.82, 2.24) is 4.57 Å². The Morgan fingerprint density at radius 3 is 2.74 bits per heavy atom. The Kier molecular flexibility index (Phi) is 5.01. The number of carbonyl (C=O) groups excluding carboxylic acids is 1. The molecule has 0 unspecified atom stereocenters. The molecule has 1 aliphatic rings. The number of benzene rings is 1. The van der Waals surface area contributed by atoms with Crippen LogP contribution in [0.1, 0.15) is 42.5 Å². The molecule has 1 saturated carbocycles. The molecule has 3 rings (SSSR count). The van der Waals surface area contributed by atoms with Gasteiger partial charge >= 0.3 is 0 Å². The molecule has 1 aliphatic carbocycles. The van der Waals surface area contributed by atoms with Gasteiger partial charge in [0.2, 0.25) is 5.91 Å². The van der Waals surface area contributed by atoms with Crippen LogP contribution < -0.4 is 5.49 Å². The summed E-state index contributed by atoms with van der Waals surface area (Å²) in [6, 6.07) is 12.1. The van der Waals surface area contributed by atoms with E-state index in [-0.39, 0.29) is 18.1 Å². The standard InChI is InChI=1S/C19H21FN2O/c20-16-8-6-7-15(13-16)14-19(23)22-12-5-4-11-18(22)21-17-9-2-1-3-10-17/h4-8,11-13,17H,1-3,9-10,14H2. The topological polar surface area (TPSA) is 34.4 Å². The molecule has 23 heavy (non-hydrogen) atoms. The van der Waals surface area contributed by atoms with Crippen molar-refractivity contribution in [2.24, 2.45) is 4.99 Å². The molecule has 0 N–H and O–H groups in total. The first-order chi connectivity index (χ1) is 11.2. The van der Waals surface area contributed by atoms with Crippen LogP contribution in [0.3, 0.4) is 0 Å². The van der Waals surface area contributed by atoms with Gasteiger partial charge in [-0.15, -0.1) is 0 Å². The van der Waals surface area contributed by atoms with Gasteiger partial charge in [0.05, 0.1) is 12.5 Å². The Morgan fingerprint density at radius 2 is 1.96 bits per heavy atom. The highest BCUT2D eigenvalue weighted by atomic mass is 19.1. The van der Waals surface area contributed by atoms with E-state index in [1.807, 2.05) is 18.2 Å². The Morgan fingerprint density at radius 1 is 1.13 bits per heavy atom. The monoisotopic (exact) mass is 312 g/mol. The first kappa shape index (κ1) is 15.7. The largest absolute Gasteiger partial charge is 0.274 e. The van der Waals surface area contributed by atoms with Crippen molar-refractivity contribution in [2.75, 3.05) is 0 Å². The van der Waals surface area contributed by atoms with Gasteiger partial charge in [-0.05, 0) is 42.7 Å². The van der Waals surface area contributed by atoms with Crippen molar-refractivity contribution >= 4 is 5.91 Å². The molecular weight excluding hydrogens is 291 g/mol. The second kappa shape index (κ2) is 7.36. The molecule has 1 fully saturated rings. The zero-order valence-electron chi connectivity index (χ0n) is 13.1. The summed E-state index contributed by atoms with van der Waals surface area (Å²) in [4.78, 5) is 17.3. The summed E-state index contributed by atoms with van der Waals surface area (Å²) >= 11 is 0. The van der Waals surface area contributed by atoms with Crippen LogP contribution in [0, 0.1) is 5.82 Å². The molecule has 2 aromatic rings. The van der Waals surface area contributed by atoms with Gasteiger partial charge in [-0.2, -0.15) is 0 Å². The molecular formula is C19H21FN2O. The number of nitrogens with zero attached hydrogens (tertiary/aromatic N) is 2. The zero-order chi connectivity index (χ0) is 16.1. The molecule has 1 heterocycles. The van der Waals surface area contributed by atoms with Crippen LogP contribution >= 0.6 is 0 Å². The van der Waals surface area contributed by atoms with Gasteiger partial charge in [0, 0.05) is 6.20 Å². The lowest BCUT2D eigenvalue weighted by Gasteiger charge is -2.17. The van der Waals surface area contributed by atoms with Crippen molar-refractivity contribution < 1.29 is 9.18 Å². The summed E-state index contributed by atoms with van der Waals surface area (Å²) in [5, 5.41) is 0. The lowest BCUT2D eigenvalue weighted by molar-refractivity contribution is 0.0908. The molecule has 0 aliphatic heterocycles. The highest BCUT2D eigenvalue weighted by molar-refractivity contribution is 5.81. The van der Waals surface area contributed by atoms with E-state index in [2.05, 4.69) is 0 Å². The smallest absolute Gasteiger partial charge is 0.236 e. The first-order valence-electron chi connectivity index (χ1n) is 8.21. The molecule has 0 atom stereocenters. The fourth-order valence-electron chi connectivity index (χ4n) is 3.05. The van der Waals surface area contributed by atoms with E-state index in [9.17, 15) is 9.18 Å². The minimum absolute atomic E-state index is 0.0919. The summed E-state index contributed by atoms with van der Waals surface area (Å²) < 4.78 is 14.9. The van der Waals surface area contributed by atoms with Crippen LogP contribution in [0.25, 0.3) is 0 Å². The summed E-state index contributed by atoms with van der Waals surface area (Å²) in [7, 11) is 0. The SMILES string of the molecule is O=C(Cc1cccc(F)c1)n1ccccc1=NC1CCCCC1. The first-order valence-corrected chi connectivity index (χ1v) is 8.21. The second-order valence-electron chi connectivity index (χ2n) is 6.05. The zero-order valence-corrected chi connectivity index (χ0v) is 13.1. The van der Waals surface area contributed by atoms with Crippen molar-refractivity contribution in [3.05, 3.63) is 65.5 Å². The van der Waals surface area contributed by atoms with Crippen LogP contribution in [0.4, 0.5) is 4.39 Å². The highest BCUT2D eigenvalue weighted by Crippen LogP contribution is 2.19. The molecule has 0 bridgehead atoms. The summed E-state index contributed by atoms with van der Waals surface area (Å²) in [6.07, 6.45) is 7.78. The normalized spacial score (nSPS) is 16.5. The number of hydrogen-bond acceptors (Lipinski definition) is 2. The fourth-order valence-corrected chi connectivity index (χ4v) is 3.05. The van der Waals surface area contributed by atoms with Gasteiger partial charge < -0.3 is 0 Å². The predicted molar refractivity (Wildman–Crippen MR) is 87.6 cm³/mol. The van der Waals surface area contributed by atoms with Crippen molar-refractivity contribution in [2.45, 2.75) is 44.6 Å². The van der Waals surface area contributed by atoms with Crippen LogP contribution in [0.5, 0.6) is 0 Å². The van der Waals surface area contributed by atoms with Crippen molar-refractivity contribution in [3.63, 3.8) is 0 Å². The van der Waals surface area contributed by atoms with Gasteiger partial charge in [-0.25, -0.2) is 4.39 Å². The number of aromatic nitrogens is 1. The third-order valence-electron chi connectivity index (χ3n) is 4.24. The van der Waals surface area contributed by atoms with Crippen LogP contribution in [0.2, 0.25) is 0 Å². The Bertz CT molecular complexity index is 745. The van der Waals surface area contributed by atoms with E-state index in [1.54, 1.807) is 22.9 Å². The Balaban J connectivity index is 1.84. The molecule has 0 saturated heterocycles. The number of pyridine rings is 1. The highest BCUT2D eigenvalue weighted by Gasteiger charge is 2.13. The van der Waals surface area contributed by atoms with Crippen LogP contribution in [-0.2, 0) is 6.42 Å². The molecule has 120 valence electrons. The Hall–Kier alpha value is -2.23. The van der Waals surface area contributed by atoms with E-state index in [0.717, 1.165) is 12.8 Å². The summed E-state index contributed by atoms with van der Waals surface area (Å²) in [5.74, 6) is -0.411. The minimum atomic E-state index is -0.319. The fraction of sp³-hybridized carbons (Fsp3) is 0.368. The molecule has 3 nitrogen and oxygen atoms in total. The van der Waals surface area contributed by atoms with E-state index >= 15 is 0 Å². The molecule has 0 radical (unpaired) electrons. The van der Waals surface area contributed by atoms with E-state index < -0.39 is 0 Å². The lowest BCUT2D eigenvalue weighted by Crippen LogP contribution is -2.29. The van der Waals surface area contributed by atoms with Gasteiger partial charge in [-0.3, -0.25) is 14.4 Å². The third kappa shape index (κ3) is 4.15. The quantitative estimate of drug-likeness (QED) is 0.850. The average Bonchev–Trinajstić information content (AvgIpc) is 2.56. The predicted octanol–water partition coefficient (Wildman–Crippen LogP) is 3.74. The van der Waals surface area contributed by atoms with Gasteiger partial charge in [0.15, 0.2) is 0 Å². The second-order valence-corrected chi connectivity index (χ2v) is 6.05. The minimum Gasteiger partial charge on any atom is -0.274 e. The van der Waals surface area contributed by atoms with Crippen molar-refractivity contribution in [3.8, 4) is 0 Å². The van der Waals surface area contributed by atoms with E-state index in [1.165, 1.54) is 31.4 Å². The number of hydrogen-bond donors (Lipinski definition) is 0. The summed E-state index contributed by atoms with van der Waals surface area (Å²) in [5.41, 5.74) is 1.37. The molecule has 1 aromatic carbocycles. The maximum absolute atomic E-state index is 13.3. The Labute approximate surface area is 135 Å². The molecule has 1 aromatic heterocycles. The molecule has 0 amide bonds. The third-order valence-corrected chi connectivity index (χ3v) is 4.24. The number of carbonyl (C=O) groups is 1. The molecule has 4 heteroatoms. The number of halogens is 1. The number of rotatable bonds is 3. The maximum Gasteiger partial charge on any atom is 0.236 e. The van der Waals surface area contributed by atoms with Crippen molar-refractivity contribution in [1.29, 1.82) is 0 Å². The van der Waals surface area contributed by atoms with Gasteiger partial charge in [0.25, 0.3) is 0 Å². The van der Waals surface area contributed by atoms with Crippen LogP contribution in [0.15, 0.2) is 53.7 Å².